The maximum Gasteiger partial charge on any atom is 0.0540 e. The van der Waals surface area contributed by atoms with Crippen molar-refractivity contribution < 1.29 is 0 Å². The Bertz CT molecular complexity index is 3930. The van der Waals surface area contributed by atoms with E-state index in [1.54, 1.807) is 0 Å². The molecule has 0 aliphatic carbocycles. The van der Waals surface area contributed by atoms with E-state index in [-0.39, 0.29) is 21.7 Å². The smallest absolute Gasteiger partial charge is 0.0540 e. The van der Waals surface area contributed by atoms with Crippen molar-refractivity contribution in [3.63, 3.8) is 0 Å². The van der Waals surface area contributed by atoms with Crippen LogP contribution in [0.2, 0.25) is 0 Å². The zero-order valence-electron chi connectivity index (χ0n) is 50.0. The van der Waals surface area contributed by atoms with Gasteiger partial charge in [0, 0.05) is 33.5 Å². The molecule has 0 unspecified atom stereocenters. The second kappa shape index (κ2) is 20.7. The molecule has 2 heteroatoms. The van der Waals surface area contributed by atoms with Gasteiger partial charge in [0.25, 0.3) is 0 Å². The van der Waals surface area contributed by atoms with E-state index >= 15 is 0 Å². The summed E-state index contributed by atoms with van der Waals surface area (Å²) in [5, 5.41) is 7.33. The van der Waals surface area contributed by atoms with Crippen LogP contribution in [-0.4, -0.2) is 0 Å². The summed E-state index contributed by atoms with van der Waals surface area (Å²) in [7, 11) is 0. The molecule has 0 aromatic heterocycles. The first-order valence-corrected chi connectivity index (χ1v) is 29.3. The van der Waals surface area contributed by atoms with Crippen molar-refractivity contribution in [1.82, 2.24) is 0 Å². The van der Waals surface area contributed by atoms with Crippen molar-refractivity contribution >= 4 is 66.4 Å². The van der Waals surface area contributed by atoms with Crippen LogP contribution >= 0.6 is 0 Å². The highest BCUT2D eigenvalue weighted by atomic mass is 15.1. The number of rotatable bonds is 10. The SMILES string of the molecule is CC(C)(C)c1cc(-c2ccc(N(c3cccc(-c4ccccc4)c3)c3ccc4ccc5c(N(c6ccc(-c7cc(C(C)(C)C)cc(C(C)(C)C)c7)cc6)c6cccc(-c7ccccc7)c6)ccc6ccc3c4c65)cc2)cc(C(C)(C)C)c1. The molecule has 0 bridgehead atoms. The Balaban J connectivity index is 1.04. The molecule has 12 aromatic carbocycles. The maximum atomic E-state index is 2.47. The largest absolute Gasteiger partial charge is 0.310 e. The molecule has 12 rings (SSSR count). The molecule has 0 atom stereocenters. The number of nitrogens with zero attached hydrogens (tertiary/aromatic N) is 2. The molecule has 0 saturated heterocycles. The molecule has 0 N–H and O–H groups in total. The molecule has 0 aliphatic heterocycles. The van der Waals surface area contributed by atoms with E-state index in [4.69, 9.17) is 0 Å². The van der Waals surface area contributed by atoms with Crippen molar-refractivity contribution in [2.45, 2.75) is 105 Å². The molecule has 0 fully saturated rings. The molecule has 406 valence electrons. The van der Waals surface area contributed by atoms with Crippen LogP contribution in [-0.2, 0) is 21.7 Å². The molecule has 0 saturated carbocycles. The van der Waals surface area contributed by atoms with E-state index in [9.17, 15) is 0 Å². The van der Waals surface area contributed by atoms with Gasteiger partial charge >= 0.3 is 0 Å². The minimum absolute atomic E-state index is 0.0141. The quantitative estimate of drug-likeness (QED) is 0.126. The van der Waals surface area contributed by atoms with Crippen LogP contribution in [0.1, 0.15) is 105 Å². The first-order chi connectivity index (χ1) is 39.2. The average molecular weight is 1070 g/mol. The first-order valence-electron chi connectivity index (χ1n) is 29.3. The van der Waals surface area contributed by atoms with E-state index in [1.165, 1.54) is 99.1 Å². The predicted molar refractivity (Wildman–Crippen MR) is 356 cm³/mol. The number of anilines is 6. The molecule has 0 heterocycles. The van der Waals surface area contributed by atoms with Crippen molar-refractivity contribution in [2.75, 3.05) is 9.80 Å². The van der Waals surface area contributed by atoms with Crippen LogP contribution in [0.15, 0.2) is 243 Å². The van der Waals surface area contributed by atoms with Gasteiger partial charge in [-0.1, -0.05) is 265 Å². The second-order valence-corrected chi connectivity index (χ2v) is 26.8. The molecule has 0 spiro atoms. The highest BCUT2D eigenvalue weighted by molar-refractivity contribution is 6.28. The lowest BCUT2D eigenvalue weighted by atomic mass is 9.79. The van der Waals surface area contributed by atoms with Gasteiger partial charge in [-0.3, -0.25) is 0 Å². The third-order valence-electron chi connectivity index (χ3n) is 16.8. The summed E-state index contributed by atoms with van der Waals surface area (Å²) in [6, 6.07) is 91.2. The van der Waals surface area contributed by atoms with E-state index in [0.29, 0.717) is 0 Å². The lowest BCUT2D eigenvalue weighted by Gasteiger charge is -2.30. The zero-order valence-corrected chi connectivity index (χ0v) is 50.0. The minimum atomic E-state index is 0.0141. The lowest BCUT2D eigenvalue weighted by molar-refractivity contribution is 0.568. The Morgan fingerprint density at radius 2 is 0.524 bits per heavy atom. The van der Waals surface area contributed by atoms with Crippen LogP contribution in [0.25, 0.3) is 76.8 Å². The third kappa shape index (κ3) is 10.5. The van der Waals surface area contributed by atoms with Gasteiger partial charge in [-0.05, 0) is 171 Å². The number of benzene rings is 12. The standard InChI is InChI=1S/C80H76N2/c1-77(2,3)63-45-61(46-64(51-63)78(4,5)6)55-29-37-67(38-30-55)81(69-27-19-25-59(49-69)53-21-15-13-16-22-53)73-43-35-57-34-42-72-74(44-36-58-33-41-71(73)75(57)76(58)72)82(70-28-20-26-60(50-70)54-23-17-14-18-24-54)68-39-31-56(32-40-68)62-47-65(79(7,8)9)52-66(48-62)80(10,11)12/h13-52H,1-12H3. The Morgan fingerprint density at radius 3 is 0.854 bits per heavy atom. The predicted octanol–water partition coefficient (Wildman–Crippen LogP) is 23.4. The van der Waals surface area contributed by atoms with Gasteiger partial charge in [0.15, 0.2) is 0 Å². The molecule has 0 aliphatic rings. The molecular formula is C80H76N2. The van der Waals surface area contributed by atoms with E-state index < -0.39 is 0 Å². The fraction of sp³-hybridized carbons (Fsp3) is 0.200. The zero-order chi connectivity index (χ0) is 57.3. The van der Waals surface area contributed by atoms with E-state index in [1.807, 2.05) is 0 Å². The van der Waals surface area contributed by atoms with Crippen molar-refractivity contribution in [3.8, 4) is 44.5 Å². The van der Waals surface area contributed by atoms with Crippen LogP contribution in [0.5, 0.6) is 0 Å². The number of hydrogen-bond acceptors (Lipinski definition) is 2. The topological polar surface area (TPSA) is 6.48 Å². The van der Waals surface area contributed by atoms with Gasteiger partial charge in [0.05, 0.1) is 11.4 Å². The summed E-state index contributed by atoms with van der Waals surface area (Å²) in [5.74, 6) is 0. The third-order valence-corrected chi connectivity index (χ3v) is 16.8. The summed E-state index contributed by atoms with van der Waals surface area (Å²) in [4.78, 5) is 4.94. The van der Waals surface area contributed by atoms with Crippen LogP contribution in [0.4, 0.5) is 34.1 Å². The first kappa shape index (κ1) is 53.9. The fourth-order valence-electron chi connectivity index (χ4n) is 11.9. The Kier molecular flexibility index (Phi) is 13.6. The summed E-state index contributed by atoms with van der Waals surface area (Å²) in [6.45, 7) is 27.8. The highest BCUT2D eigenvalue weighted by Crippen LogP contribution is 2.49. The van der Waals surface area contributed by atoms with Gasteiger partial charge < -0.3 is 9.80 Å². The van der Waals surface area contributed by atoms with Gasteiger partial charge in [0.2, 0.25) is 0 Å². The second-order valence-electron chi connectivity index (χ2n) is 26.8. The average Bonchev–Trinajstić information content (AvgIpc) is 3.37. The van der Waals surface area contributed by atoms with Crippen LogP contribution < -0.4 is 9.80 Å². The van der Waals surface area contributed by atoms with Crippen LogP contribution in [0.3, 0.4) is 0 Å². The molecule has 0 amide bonds. The van der Waals surface area contributed by atoms with E-state index in [2.05, 4.69) is 336 Å². The Morgan fingerprint density at radius 1 is 0.220 bits per heavy atom. The number of hydrogen-bond donors (Lipinski definition) is 0. The molecule has 0 radical (unpaired) electrons. The highest BCUT2D eigenvalue weighted by Gasteiger charge is 2.26. The lowest BCUT2D eigenvalue weighted by Crippen LogP contribution is -2.16. The fourth-order valence-corrected chi connectivity index (χ4v) is 11.9. The summed E-state index contributed by atoms with van der Waals surface area (Å²) in [5.41, 5.74) is 21.7. The van der Waals surface area contributed by atoms with Crippen molar-refractivity contribution in [1.29, 1.82) is 0 Å². The Labute approximate surface area is 487 Å². The molecule has 2 nitrogen and oxygen atoms in total. The van der Waals surface area contributed by atoms with Crippen molar-refractivity contribution in [2.24, 2.45) is 0 Å². The van der Waals surface area contributed by atoms with Gasteiger partial charge in [0.1, 0.15) is 0 Å². The van der Waals surface area contributed by atoms with Gasteiger partial charge in [-0.25, -0.2) is 0 Å². The van der Waals surface area contributed by atoms with E-state index in [0.717, 1.165) is 34.1 Å². The van der Waals surface area contributed by atoms with Gasteiger partial charge in [-0.2, -0.15) is 0 Å². The van der Waals surface area contributed by atoms with Crippen LogP contribution in [0, 0.1) is 0 Å². The normalized spacial score (nSPS) is 12.4. The summed E-state index contributed by atoms with van der Waals surface area (Å²) in [6.07, 6.45) is 0. The maximum absolute atomic E-state index is 2.47. The van der Waals surface area contributed by atoms with Crippen molar-refractivity contribution in [3.05, 3.63) is 265 Å². The summed E-state index contributed by atoms with van der Waals surface area (Å²) >= 11 is 0. The summed E-state index contributed by atoms with van der Waals surface area (Å²) < 4.78 is 0. The molecule has 12 aromatic rings. The molecule has 82 heavy (non-hydrogen) atoms. The Hall–Kier alpha value is -8.72. The minimum Gasteiger partial charge on any atom is -0.310 e. The van der Waals surface area contributed by atoms with Gasteiger partial charge in [-0.15, -0.1) is 0 Å². The monoisotopic (exact) mass is 1060 g/mol. The molecular weight excluding hydrogens is 989 g/mol.